The maximum Gasteiger partial charge on any atom is 0.262 e. The molecule has 2 aliphatic rings. The van der Waals surface area contributed by atoms with Gasteiger partial charge >= 0.3 is 0 Å². The molecule has 2 aromatic carbocycles. The molecule has 10 heteroatoms. The molecule has 0 spiro atoms. The highest BCUT2D eigenvalue weighted by molar-refractivity contribution is 7.92. The Labute approximate surface area is 179 Å². The summed E-state index contributed by atoms with van der Waals surface area (Å²) in [5.41, 5.74) is 1.72. The average molecular weight is 446 g/mol. The van der Waals surface area contributed by atoms with E-state index in [-0.39, 0.29) is 43.1 Å². The number of sulfone groups is 1. The van der Waals surface area contributed by atoms with Gasteiger partial charge in [0.05, 0.1) is 15.8 Å². The first kappa shape index (κ1) is 21.0. The van der Waals surface area contributed by atoms with Gasteiger partial charge in [-0.25, -0.2) is 8.42 Å². The van der Waals surface area contributed by atoms with Crippen molar-refractivity contribution in [1.29, 1.82) is 0 Å². The van der Waals surface area contributed by atoms with Gasteiger partial charge in [-0.1, -0.05) is 6.07 Å². The summed E-state index contributed by atoms with van der Waals surface area (Å²) in [4.78, 5) is 23.9. The van der Waals surface area contributed by atoms with Crippen LogP contribution in [0.1, 0.15) is 24.5 Å². The molecule has 0 bridgehead atoms. The average Bonchev–Trinajstić information content (AvgIpc) is 3.19. The van der Waals surface area contributed by atoms with Crippen molar-refractivity contribution in [2.45, 2.75) is 37.0 Å². The molecule has 31 heavy (non-hydrogen) atoms. The van der Waals surface area contributed by atoms with Gasteiger partial charge in [-0.05, 0) is 43.2 Å². The lowest BCUT2D eigenvalue weighted by Crippen LogP contribution is -2.30. The number of hydrogen-bond donors (Lipinski definition) is 2. The first-order valence-electron chi connectivity index (χ1n) is 9.70. The molecule has 0 aromatic heterocycles. The van der Waals surface area contributed by atoms with Crippen molar-refractivity contribution in [2.75, 3.05) is 18.7 Å². The highest BCUT2D eigenvalue weighted by atomic mass is 32.2. The third kappa shape index (κ3) is 4.29. The Hall–Kier alpha value is -3.27. The number of amides is 2. The number of aryl methyl sites for hydroxylation is 1. The molecule has 2 N–H and O–H groups in total. The number of hydrogen-bond acceptors (Lipinski definition) is 7. The number of nitrogens with one attached hydrogen (secondary N) is 2. The molecule has 0 unspecified atom stereocenters. The van der Waals surface area contributed by atoms with Crippen LogP contribution in [0.5, 0.6) is 17.2 Å². The second-order valence-electron chi connectivity index (χ2n) is 7.47. The second-order valence-corrected chi connectivity index (χ2v) is 9.81. The van der Waals surface area contributed by atoms with Crippen LogP contribution in [0.3, 0.4) is 0 Å². The van der Waals surface area contributed by atoms with Crippen LogP contribution < -0.4 is 24.8 Å². The third-order valence-corrected chi connectivity index (χ3v) is 7.42. The van der Waals surface area contributed by atoms with Crippen molar-refractivity contribution in [2.24, 2.45) is 0 Å². The maximum atomic E-state index is 13.1. The number of ether oxygens (including phenoxy) is 3. The molecular weight excluding hydrogens is 424 g/mol. The molecule has 1 atom stereocenters. The van der Waals surface area contributed by atoms with Crippen molar-refractivity contribution < 1.29 is 32.2 Å². The van der Waals surface area contributed by atoms with Crippen molar-refractivity contribution in [1.82, 2.24) is 5.32 Å². The van der Waals surface area contributed by atoms with Gasteiger partial charge in [0.2, 0.25) is 12.7 Å². The van der Waals surface area contributed by atoms with E-state index in [4.69, 9.17) is 14.2 Å². The van der Waals surface area contributed by atoms with Gasteiger partial charge in [0, 0.05) is 19.0 Å². The minimum atomic E-state index is -3.79. The molecule has 9 nitrogen and oxygen atoms in total. The highest BCUT2D eigenvalue weighted by Crippen LogP contribution is 2.35. The topological polar surface area (TPSA) is 120 Å². The van der Waals surface area contributed by atoms with Crippen LogP contribution in [0.2, 0.25) is 0 Å². The molecule has 4 rings (SSSR count). The molecule has 2 heterocycles. The van der Waals surface area contributed by atoms with Crippen LogP contribution in [0, 0.1) is 6.92 Å². The van der Waals surface area contributed by atoms with Gasteiger partial charge in [-0.2, -0.15) is 0 Å². The van der Waals surface area contributed by atoms with E-state index < -0.39 is 15.1 Å². The fraction of sp³-hybridized carbons (Fsp3) is 0.333. The van der Waals surface area contributed by atoms with Crippen LogP contribution in [0.4, 0.5) is 5.69 Å². The van der Waals surface area contributed by atoms with E-state index in [0.717, 1.165) is 5.56 Å². The van der Waals surface area contributed by atoms with E-state index in [1.165, 1.54) is 13.0 Å². The summed E-state index contributed by atoms with van der Waals surface area (Å²) in [6, 6.07) is 8.31. The highest BCUT2D eigenvalue weighted by Gasteiger charge is 2.29. The zero-order valence-corrected chi connectivity index (χ0v) is 17.9. The molecule has 164 valence electrons. The largest absolute Gasteiger partial charge is 0.482 e. The number of carbonyl (C=O) groups excluding carboxylic acids is 2. The molecule has 0 fully saturated rings. The molecule has 0 saturated carbocycles. The summed E-state index contributed by atoms with van der Waals surface area (Å²) in [6.07, 6.45) is -0.193. The number of carbonyl (C=O) groups is 2. The summed E-state index contributed by atoms with van der Waals surface area (Å²) in [5.74, 6) is 0.883. The Morgan fingerprint density at radius 3 is 2.71 bits per heavy atom. The number of benzene rings is 2. The van der Waals surface area contributed by atoms with Crippen LogP contribution >= 0.6 is 0 Å². The summed E-state index contributed by atoms with van der Waals surface area (Å²) < 4.78 is 42.1. The van der Waals surface area contributed by atoms with Crippen LogP contribution in [0.25, 0.3) is 0 Å². The van der Waals surface area contributed by atoms with Crippen molar-refractivity contribution in [3.8, 4) is 17.2 Å². The Kier molecular flexibility index (Phi) is 5.48. The maximum absolute atomic E-state index is 13.1. The molecule has 0 saturated heterocycles. The van der Waals surface area contributed by atoms with Crippen molar-refractivity contribution in [3.05, 3.63) is 41.5 Å². The van der Waals surface area contributed by atoms with Crippen molar-refractivity contribution >= 4 is 27.3 Å². The SMILES string of the molecule is Cc1cc2c(cc1S(=O)(=O)[C@@H](C)CC(=O)NCc1ccc3c(c1)OCO3)OCC(=O)N2. The van der Waals surface area contributed by atoms with Crippen LogP contribution in [0.15, 0.2) is 35.2 Å². The predicted octanol–water partition coefficient (Wildman–Crippen LogP) is 1.92. The minimum absolute atomic E-state index is 0.0819. The monoisotopic (exact) mass is 446 g/mol. The molecule has 2 amide bonds. The number of anilines is 1. The zero-order valence-electron chi connectivity index (χ0n) is 17.1. The summed E-state index contributed by atoms with van der Waals surface area (Å²) >= 11 is 0. The van der Waals surface area contributed by atoms with Gasteiger partial charge in [-0.15, -0.1) is 0 Å². The normalized spacial score (nSPS) is 15.5. The first-order chi connectivity index (χ1) is 14.7. The van der Waals surface area contributed by atoms with Crippen molar-refractivity contribution in [3.63, 3.8) is 0 Å². The lowest BCUT2D eigenvalue weighted by atomic mass is 10.2. The predicted molar refractivity (Wildman–Crippen MR) is 111 cm³/mol. The fourth-order valence-electron chi connectivity index (χ4n) is 3.43. The third-order valence-electron chi connectivity index (χ3n) is 5.15. The van der Waals surface area contributed by atoms with E-state index in [9.17, 15) is 18.0 Å². The Balaban J connectivity index is 1.42. The van der Waals surface area contributed by atoms with E-state index in [2.05, 4.69) is 10.6 Å². The standard InChI is InChI=1S/C21H22N2O7S/c1-12-5-15-17(28-10-21(25)23-15)8-19(12)31(26,27)13(2)6-20(24)22-9-14-3-4-16-18(7-14)30-11-29-16/h3-5,7-8,13H,6,9-11H2,1-2H3,(H,22,24)(H,23,25)/t13-/m0/s1. The first-order valence-corrected chi connectivity index (χ1v) is 11.2. The summed E-state index contributed by atoms with van der Waals surface area (Å²) in [5, 5.41) is 4.45. The van der Waals surface area contributed by atoms with Gasteiger partial charge in [0.15, 0.2) is 27.9 Å². The van der Waals surface area contributed by atoms with Gasteiger partial charge in [0.1, 0.15) is 5.75 Å². The van der Waals surface area contributed by atoms with Crippen LogP contribution in [-0.4, -0.2) is 38.9 Å². The fourth-order valence-corrected chi connectivity index (χ4v) is 5.02. The Morgan fingerprint density at radius 2 is 1.90 bits per heavy atom. The quantitative estimate of drug-likeness (QED) is 0.696. The van der Waals surface area contributed by atoms with Gasteiger partial charge in [0.25, 0.3) is 5.91 Å². The van der Waals surface area contributed by atoms with E-state index in [0.29, 0.717) is 28.5 Å². The smallest absolute Gasteiger partial charge is 0.262 e. The van der Waals surface area contributed by atoms with Crippen LogP contribution in [-0.2, 0) is 26.0 Å². The Morgan fingerprint density at radius 1 is 1.13 bits per heavy atom. The van der Waals surface area contributed by atoms with E-state index >= 15 is 0 Å². The second kappa shape index (κ2) is 8.10. The summed E-state index contributed by atoms with van der Waals surface area (Å²) in [6.45, 7) is 3.37. The molecular formula is C21H22N2O7S. The Bertz CT molecular complexity index is 1160. The van der Waals surface area contributed by atoms with Gasteiger partial charge < -0.3 is 24.8 Å². The number of rotatable bonds is 6. The lowest BCUT2D eigenvalue weighted by molar-refractivity contribution is -0.121. The minimum Gasteiger partial charge on any atom is -0.482 e. The molecule has 0 radical (unpaired) electrons. The molecule has 2 aliphatic heterocycles. The molecule has 2 aromatic rings. The van der Waals surface area contributed by atoms with Gasteiger partial charge in [-0.3, -0.25) is 9.59 Å². The molecule has 0 aliphatic carbocycles. The van der Waals surface area contributed by atoms with E-state index in [1.54, 1.807) is 25.1 Å². The summed E-state index contributed by atoms with van der Waals surface area (Å²) in [7, 11) is -3.79. The van der Waals surface area contributed by atoms with E-state index in [1.807, 2.05) is 6.07 Å². The lowest BCUT2D eigenvalue weighted by Gasteiger charge is -2.21. The number of fused-ring (bicyclic) bond motifs is 2. The zero-order chi connectivity index (χ0) is 22.2.